The number of nitrogens with zero attached hydrogens (tertiary/aromatic N) is 4. The molecule has 2 aromatic heterocycles. The molecule has 0 aliphatic carbocycles. The zero-order chi connectivity index (χ0) is 19.2. The molecular formula is C16H15ClF3N5O2. The van der Waals surface area contributed by atoms with E-state index < -0.39 is 12.1 Å². The fourth-order valence-electron chi connectivity index (χ4n) is 3.04. The Balaban J connectivity index is 1.91. The highest BCUT2D eigenvalue weighted by molar-refractivity contribution is 6.33. The van der Waals surface area contributed by atoms with E-state index in [1.807, 2.05) is 11.8 Å². The highest BCUT2D eigenvalue weighted by atomic mass is 35.5. The number of oxazole rings is 1. The Morgan fingerprint density at radius 3 is 2.89 bits per heavy atom. The van der Waals surface area contributed by atoms with Gasteiger partial charge in [-0.1, -0.05) is 11.6 Å². The molecule has 4 rings (SSSR count). The molecule has 27 heavy (non-hydrogen) atoms. The van der Waals surface area contributed by atoms with Crippen molar-refractivity contribution >= 4 is 28.7 Å². The standard InChI is InChI=1S/C16H15ClF3N5O2/c1-9-8-21-4-6-24(9)15-23-12-13(27-16(18,19)20)10(17)7-11(14(12)26-15)25-5-2-3-22-25/h2-3,5,7,9,21H,4,6,8H2,1H3/t9-/m1/s1. The minimum Gasteiger partial charge on any atom is -0.421 e. The average molecular weight is 402 g/mol. The molecule has 1 aliphatic rings. The molecular weight excluding hydrogens is 387 g/mol. The van der Waals surface area contributed by atoms with Gasteiger partial charge in [0.15, 0.2) is 16.8 Å². The Morgan fingerprint density at radius 2 is 2.22 bits per heavy atom. The number of anilines is 1. The van der Waals surface area contributed by atoms with Gasteiger partial charge in [0.05, 0.1) is 5.02 Å². The summed E-state index contributed by atoms with van der Waals surface area (Å²) in [7, 11) is 0. The molecule has 1 aromatic carbocycles. The van der Waals surface area contributed by atoms with E-state index in [2.05, 4.69) is 20.1 Å². The molecule has 144 valence electrons. The molecule has 7 nitrogen and oxygen atoms in total. The minimum absolute atomic E-state index is 0.0578. The third-order valence-electron chi connectivity index (χ3n) is 4.26. The Morgan fingerprint density at radius 1 is 1.41 bits per heavy atom. The Kier molecular flexibility index (Phi) is 4.39. The molecule has 1 N–H and O–H groups in total. The summed E-state index contributed by atoms with van der Waals surface area (Å²) >= 11 is 6.08. The second kappa shape index (κ2) is 6.61. The normalized spacial score (nSPS) is 18.3. The lowest BCUT2D eigenvalue weighted by molar-refractivity contribution is -0.274. The Labute approximate surface area is 156 Å². The number of ether oxygens (including phenoxy) is 1. The third kappa shape index (κ3) is 3.42. The van der Waals surface area contributed by atoms with Crippen molar-refractivity contribution in [1.82, 2.24) is 20.1 Å². The summed E-state index contributed by atoms with van der Waals surface area (Å²) in [5, 5.41) is 7.10. The average Bonchev–Trinajstić information content (AvgIpc) is 3.26. The van der Waals surface area contributed by atoms with E-state index in [0.717, 1.165) is 0 Å². The third-order valence-corrected chi connectivity index (χ3v) is 4.54. The summed E-state index contributed by atoms with van der Waals surface area (Å²) < 4.78 is 50.1. The quantitative estimate of drug-likeness (QED) is 0.725. The van der Waals surface area contributed by atoms with Crippen LogP contribution in [0.15, 0.2) is 28.9 Å². The van der Waals surface area contributed by atoms with Gasteiger partial charge in [-0.3, -0.25) is 0 Å². The first-order chi connectivity index (χ1) is 12.8. The van der Waals surface area contributed by atoms with Crippen LogP contribution < -0.4 is 15.0 Å². The van der Waals surface area contributed by atoms with Crippen LogP contribution >= 0.6 is 11.6 Å². The SMILES string of the molecule is C[C@@H]1CNCCN1c1nc2c(OC(F)(F)F)c(Cl)cc(-n3cccn3)c2o1. The van der Waals surface area contributed by atoms with Crippen LogP contribution in [0.5, 0.6) is 5.75 Å². The van der Waals surface area contributed by atoms with E-state index in [0.29, 0.717) is 25.3 Å². The highest BCUT2D eigenvalue weighted by Crippen LogP contribution is 2.41. The molecule has 1 fully saturated rings. The first-order valence-corrected chi connectivity index (χ1v) is 8.57. The number of hydrogen-bond donors (Lipinski definition) is 1. The van der Waals surface area contributed by atoms with Gasteiger partial charge in [0.25, 0.3) is 6.01 Å². The number of halogens is 4. The summed E-state index contributed by atoms with van der Waals surface area (Å²) in [6, 6.07) is 3.26. The number of rotatable bonds is 3. The van der Waals surface area contributed by atoms with Crippen molar-refractivity contribution in [2.45, 2.75) is 19.3 Å². The van der Waals surface area contributed by atoms with Crippen LogP contribution in [-0.4, -0.2) is 46.8 Å². The van der Waals surface area contributed by atoms with Crippen LogP contribution in [0.1, 0.15) is 6.92 Å². The number of aromatic nitrogens is 3. The van der Waals surface area contributed by atoms with Crippen molar-refractivity contribution in [3.05, 3.63) is 29.5 Å². The first-order valence-electron chi connectivity index (χ1n) is 8.19. The van der Waals surface area contributed by atoms with Crippen molar-refractivity contribution in [2.24, 2.45) is 0 Å². The molecule has 0 spiro atoms. The van der Waals surface area contributed by atoms with E-state index in [1.165, 1.54) is 16.9 Å². The monoisotopic (exact) mass is 401 g/mol. The van der Waals surface area contributed by atoms with Crippen LogP contribution in [0, 0.1) is 0 Å². The summed E-state index contributed by atoms with van der Waals surface area (Å²) in [5.41, 5.74) is 0.380. The number of alkyl halides is 3. The van der Waals surface area contributed by atoms with Crippen LogP contribution in [0.2, 0.25) is 5.02 Å². The topological polar surface area (TPSA) is 68.3 Å². The Hall–Kier alpha value is -2.46. The molecule has 3 heterocycles. The second-order valence-corrected chi connectivity index (χ2v) is 6.53. The molecule has 1 saturated heterocycles. The lowest BCUT2D eigenvalue weighted by Gasteiger charge is -2.32. The number of piperazine rings is 1. The zero-order valence-corrected chi connectivity index (χ0v) is 14.9. The number of benzene rings is 1. The van der Waals surface area contributed by atoms with Gasteiger partial charge < -0.3 is 19.4 Å². The number of nitrogens with one attached hydrogen (secondary N) is 1. The van der Waals surface area contributed by atoms with E-state index >= 15 is 0 Å². The molecule has 0 bridgehead atoms. The molecule has 0 radical (unpaired) electrons. The molecule has 1 atom stereocenters. The smallest absolute Gasteiger partial charge is 0.421 e. The van der Waals surface area contributed by atoms with Gasteiger partial charge in [0.2, 0.25) is 0 Å². The maximum Gasteiger partial charge on any atom is 0.573 e. The van der Waals surface area contributed by atoms with Crippen LogP contribution in [-0.2, 0) is 0 Å². The van der Waals surface area contributed by atoms with E-state index in [4.69, 9.17) is 16.0 Å². The van der Waals surface area contributed by atoms with Crippen LogP contribution in [0.4, 0.5) is 19.2 Å². The van der Waals surface area contributed by atoms with Gasteiger partial charge in [0.1, 0.15) is 5.69 Å². The van der Waals surface area contributed by atoms with Gasteiger partial charge in [-0.15, -0.1) is 13.2 Å². The van der Waals surface area contributed by atoms with Crippen LogP contribution in [0.25, 0.3) is 16.8 Å². The van der Waals surface area contributed by atoms with Crippen molar-refractivity contribution in [1.29, 1.82) is 0 Å². The molecule has 3 aromatic rings. The number of fused-ring (bicyclic) bond motifs is 1. The van der Waals surface area contributed by atoms with Gasteiger partial charge >= 0.3 is 6.36 Å². The van der Waals surface area contributed by atoms with Crippen LogP contribution in [0.3, 0.4) is 0 Å². The fraction of sp³-hybridized carbons (Fsp3) is 0.375. The van der Waals surface area contributed by atoms with Gasteiger partial charge in [-0.05, 0) is 19.1 Å². The zero-order valence-electron chi connectivity index (χ0n) is 14.1. The van der Waals surface area contributed by atoms with Gasteiger partial charge in [0, 0.05) is 38.1 Å². The number of hydrogen-bond acceptors (Lipinski definition) is 6. The van der Waals surface area contributed by atoms with Gasteiger partial charge in [-0.25, -0.2) is 4.68 Å². The van der Waals surface area contributed by atoms with Crippen molar-refractivity contribution < 1.29 is 22.3 Å². The van der Waals surface area contributed by atoms with Crippen molar-refractivity contribution in [2.75, 3.05) is 24.5 Å². The fourth-order valence-corrected chi connectivity index (χ4v) is 3.27. The van der Waals surface area contributed by atoms with Crippen molar-refractivity contribution in [3.8, 4) is 11.4 Å². The second-order valence-electron chi connectivity index (χ2n) is 6.13. The predicted octanol–water partition coefficient (Wildman–Crippen LogP) is 3.36. The summed E-state index contributed by atoms with van der Waals surface area (Å²) in [6.45, 7) is 3.99. The van der Waals surface area contributed by atoms with E-state index in [1.54, 1.807) is 12.3 Å². The summed E-state index contributed by atoms with van der Waals surface area (Å²) in [6.07, 6.45) is -1.74. The van der Waals surface area contributed by atoms with E-state index in [-0.39, 0.29) is 28.2 Å². The summed E-state index contributed by atoms with van der Waals surface area (Å²) in [5.74, 6) is -0.590. The van der Waals surface area contributed by atoms with Gasteiger partial charge in [-0.2, -0.15) is 10.1 Å². The maximum atomic E-state index is 12.9. The molecule has 0 saturated carbocycles. The lowest BCUT2D eigenvalue weighted by Crippen LogP contribution is -2.50. The van der Waals surface area contributed by atoms with E-state index in [9.17, 15) is 13.2 Å². The molecule has 1 aliphatic heterocycles. The molecule has 0 unspecified atom stereocenters. The predicted molar refractivity (Wildman–Crippen MR) is 92.5 cm³/mol. The largest absolute Gasteiger partial charge is 0.573 e. The maximum absolute atomic E-state index is 12.9. The molecule has 0 amide bonds. The lowest BCUT2D eigenvalue weighted by atomic mass is 10.2. The van der Waals surface area contributed by atoms with Crippen molar-refractivity contribution in [3.63, 3.8) is 0 Å². The Bertz CT molecular complexity index is 957. The molecule has 11 heteroatoms. The highest BCUT2D eigenvalue weighted by Gasteiger charge is 2.35. The first kappa shape index (κ1) is 17.9. The minimum atomic E-state index is -4.91. The summed E-state index contributed by atoms with van der Waals surface area (Å²) in [4.78, 5) is 6.17.